The standard InChI is InChI=1S/C9H17NO3/c1-9(2,3)10(8(12)13)5-4-7(11)6-10/h7,11H,4-6H2,1-3H3/t7-,10?/m1/s1. The summed E-state index contributed by atoms with van der Waals surface area (Å²) >= 11 is 0. The van der Waals surface area contributed by atoms with Gasteiger partial charge in [0.05, 0.1) is 12.1 Å². The minimum Gasteiger partial charge on any atom is -0.498 e. The minimum absolute atomic E-state index is 0.131. The van der Waals surface area contributed by atoms with Crippen molar-refractivity contribution in [1.29, 1.82) is 0 Å². The van der Waals surface area contributed by atoms with Crippen LogP contribution < -0.4 is 5.11 Å². The lowest BCUT2D eigenvalue weighted by molar-refractivity contribution is -0.909. The average Bonchev–Trinajstić information content (AvgIpc) is 2.30. The Bertz CT molecular complexity index is 221. The maximum atomic E-state index is 11.1. The third kappa shape index (κ3) is 1.56. The van der Waals surface area contributed by atoms with Crippen molar-refractivity contribution >= 4 is 6.09 Å². The minimum atomic E-state index is -1.08. The largest absolute Gasteiger partial charge is 0.498 e. The topological polar surface area (TPSA) is 60.4 Å². The molecule has 1 amide bonds. The summed E-state index contributed by atoms with van der Waals surface area (Å²) in [4.78, 5) is 11.1. The lowest BCUT2D eigenvalue weighted by Crippen LogP contribution is -2.66. The normalized spacial score (nSPS) is 34.9. The van der Waals surface area contributed by atoms with Crippen LogP contribution in [0.4, 0.5) is 4.79 Å². The van der Waals surface area contributed by atoms with Crippen molar-refractivity contribution in [1.82, 2.24) is 0 Å². The third-order valence-corrected chi connectivity index (χ3v) is 3.00. The number of amides is 1. The molecule has 0 aliphatic carbocycles. The van der Waals surface area contributed by atoms with Crippen LogP contribution in [-0.4, -0.2) is 40.4 Å². The zero-order chi connectivity index (χ0) is 10.3. The molecule has 0 radical (unpaired) electrons. The summed E-state index contributed by atoms with van der Waals surface area (Å²) < 4.78 is -0.131. The highest BCUT2D eigenvalue weighted by Gasteiger charge is 2.48. The van der Waals surface area contributed by atoms with E-state index in [1.165, 1.54) is 0 Å². The van der Waals surface area contributed by atoms with Crippen molar-refractivity contribution in [3.05, 3.63) is 0 Å². The molecular formula is C9H17NO3. The first kappa shape index (κ1) is 10.5. The number of carbonyl (C=O) groups is 1. The number of nitrogens with zero attached hydrogens (tertiary/aromatic N) is 1. The molecule has 0 aromatic rings. The Morgan fingerprint density at radius 3 is 2.23 bits per heavy atom. The van der Waals surface area contributed by atoms with E-state index in [9.17, 15) is 15.0 Å². The Kier molecular flexibility index (Phi) is 2.38. The smallest absolute Gasteiger partial charge is 0.257 e. The molecule has 1 N–H and O–H groups in total. The predicted molar refractivity (Wildman–Crippen MR) is 45.8 cm³/mol. The van der Waals surface area contributed by atoms with Gasteiger partial charge in [0.1, 0.15) is 12.6 Å². The summed E-state index contributed by atoms with van der Waals surface area (Å²) in [6.45, 7) is 6.32. The van der Waals surface area contributed by atoms with Crippen molar-refractivity contribution in [3.8, 4) is 0 Å². The summed E-state index contributed by atoms with van der Waals surface area (Å²) in [6, 6.07) is 0. The van der Waals surface area contributed by atoms with Gasteiger partial charge in [-0.3, -0.25) is 4.48 Å². The van der Waals surface area contributed by atoms with Crippen LogP contribution in [0, 0.1) is 0 Å². The first-order valence-corrected chi connectivity index (χ1v) is 4.56. The van der Waals surface area contributed by atoms with Crippen molar-refractivity contribution in [2.75, 3.05) is 13.1 Å². The van der Waals surface area contributed by atoms with E-state index in [0.29, 0.717) is 13.0 Å². The summed E-state index contributed by atoms with van der Waals surface area (Å²) in [5, 5.41) is 20.4. The van der Waals surface area contributed by atoms with Crippen LogP contribution >= 0.6 is 0 Å². The Morgan fingerprint density at radius 2 is 2.08 bits per heavy atom. The molecule has 4 heteroatoms. The Hall–Kier alpha value is -0.610. The number of carboxylic acid groups (broad SMARTS) is 1. The first-order valence-electron chi connectivity index (χ1n) is 4.56. The monoisotopic (exact) mass is 187 g/mol. The van der Waals surface area contributed by atoms with Gasteiger partial charge in [0, 0.05) is 6.42 Å². The fraction of sp³-hybridized carbons (Fsp3) is 0.889. The van der Waals surface area contributed by atoms with Gasteiger partial charge in [-0.05, 0) is 20.8 Å². The summed E-state index contributed by atoms with van der Waals surface area (Å²) in [5.41, 5.74) is -0.406. The molecule has 1 rings (SSSR count). The van der Waals surface area contributed by atoms with Gasteiger partial charge in [0.25, 0.3) is 6.09 Å². The van der Waals surface area contributed by atoms with E-state index in [4.69, 9.17) is 0 Å². The van der Waals surface area contributed by atoms with Crippen LogP contribution in [0.2, 0.25) is 0 Å². The fourth-order valence-corrected chi connectivity index (χ4v) is 1.96. The molecule has 0 aromatic carbocycles. The number of hydrogen-bond acceptors (Lipinski definition) is 3. The zero-order valence-corrected chi connectivity index (χ0v) is 8.41. The van der Waals surface area contributed by atoms with Gasteiger partial charge in [-0.2, -0.15) is 0 Å². The maximum absolute atomic E-state index is 11.1. The molecular weight excluding hydrogens is 170 g/mol. The number of aliphatic hydroxyl groups excluding tert-OH is 1. The Balaban J connectivity index is 2.97. The number of rotatable bonds is 0. The van der Waals surface area contributed by atoms with Crippen LogP contribution in [0.25, 0.3) is 0 Å². The van der Waals surface area contributed by atoms with Crippen LogP contribution in [0.1, 0.15) is 27.2 Å². The molecule has 1 saturated heterocycles. The highest BCUT2D eigenvalue weighted by molar-refractivity contribution is 5.55. The molecule has 0 bridgehead atoms. The number of likely N-dealkylation sites (tertiary alicyclic amines) is 1. The van der Waals surface area contributed by atoms with E-state index < -0.39 is 17.7 Å². The van der Waals surface area contributed by atoms with Crippen LogP contribution in [-0.2, 0) is 0 Å². The summed E-state index contributed by atoms with van der Waals surface area (Å²) in [5.74, 6) is 0. The van der Waals surface area contributed by atoms with Crippen molar-refractivity contribution in [2.24, 2.45) is 0 Å². The van der Waals surface area contributed by atoms with E-state index in [-0.39, 0.29) is 11.0 Å². The van der Waals surface area contributed by atoms with E-state index in [2.05, 4.69) is 0 Å². The SMILES string of the molecule is CC(C)(C)[N+]1(C(=O)[O-])CC[C@@H](O)C1. The lowest BCUT2D eigenvalue weighted by Gasteiger charge is -2.44. The molecule has 1 unspecified atom stereocenters. The van der Waals surface area contributed by atoms with Gasteiger partial charge in [0.2, 0.25) is 0 Å². The maximum Gasteiger partial charge on any atom is 0.257 e. The summed E-state index contributed by atoms with van der Waals surface area (Å²) in [7, 11) is 0. The molecule has 4 nitrogen and oxygen atoms in total. The molecule has 0 spiro atoms. The highest BCUT2D eigenvalue weighted by Crippen LogP contribution is 2.30. The molecule has 1 fully saturated rings. The number of carbonyl (C=O) groups excluding carboxylic acids is 1. The second-order valence-electron chi connectivity index (χ2n) is 4.75. The zero-order valence-electron chi connectivity index (χ0n) is 8.41. The predicted octanol–water partition coefficient (Wildman–Crippen LogP) is -0.290. The van der Waals surface area contributed by atoms with Gasteiger partial charge >= 0.3 is 0 Å². The molecule has 0 aromatic heterocycles. The fourth-order valence-electron chi connectivity index (χ4n) is 1.96. The van der Waals surface area contributed by atoms with Crippen LogP contribution in [0.5, 0.6) is 0 Å². The number of quaternary nitrogens is 1. The highest BCUT2D eigenvalue weighted by atomic mass is 16.4. The Morgan fingerprint density at radius 1 is 1.54 bits per heavy atom. The van der Waals surface area contributed by atoms with E-state index in [1.807, 2.05) is 20.8 Å². The number of hydrogen-bond donors (Lipinski definition) is 1. The van der Waals surface area contributed by atoms with Gasteiger partial charge in [-0.25, -0.2) is 0 Å². The number of aliphatic hydroxyl groups is 1. The van der Waals surface area contributed by atoms with Gasteiger partial charge in [-0.1, -0.05) is 0 Å². The molecule has 0 saturated carbocycles. The van der Waals surface area contributed by atoms with E-state index in [1.54, 1.807) is 0 Å². The van der Waals surface area contributed by atoms with Crippen molar-refractivity contribution in [3.63, 3.8) is 0 Å². The lowest BCUT2D eigenvalue weighted by atomic mass is 10.0. The molecule has 1 aliphatic rings. The van der Waals surface area contributed by atoms with E-state index >= 15 is 0 Å². The average molecular weight is 187 g/mol. The first-order chi connectivity index (χ1) is 5.79. The van der Waals surface area contributed by atoms with Gasteiger partial charge < -0.3 is 15.0 Å². The van der Waals surface area contributed by atoms with Crippen LogP contribution in [0.15, 0.2) is 0 Å². The van der Waals surface area contributed by atoms with Crippen LogP contribution in [0.3, 0.4) is 0 Å². The van der Waals surface area contributed by atoms with Gasteiger partial charge in [-0.15, -0.1) is 0 Å². The van der Waals surface area contributed by atoms with Gasteiger partial charge in [0.15, 0.2) is 0 Å². The summed E-state index contributed by atoms with van der Waals surface area (Å²) in [6.07, 6.45) is -1.04. The quantitative estimate of drug-likeness (QED) is 0.530. The van der Waals surface area contributed by atoms with E-state index in [0.717, 1.165) is 0 Å². The molecule has 76 valence electrons. The molecule has 1 heterocycles. The Labute approximate surface area is 78.4 Å². The molecule has 13 heavy (non-hydrogen) atoms. The van der Waals surface area contributed by atoms with Crippen molar-refractivity contribution < 1.29 is 19.5 Å². The molecule has 1 aliphatic heterocycles. The second-order valence-corrected chi connectivity index (χ2v) is 4.75. The second kappa shape index (κ2) is 2.96. The third-order valence-electron chi connectivity index (χ3n) is 3.00. The molecule has 2 atom stereocenters. The van der Waals surface area contributed by atoms with Crippen molar-refractivity contribution in [2.45, 2.75) is 38.8 Å².